The summed E-state index contributed by atoms with van der Waals surface area (Å²) in [4.78, 5) is 13.8. The van der Waals surface area contributed by atoms with Crippen molar-refractivity contribution >= 4 is 11.5 Å². The second-order valence-corrected chi connectivity index (χ2v) is 6.52. The monoisotopic (exact) mass is 298 g/mol. The first-order valence-corrected chi connectivity index (χ1v) is 8.21. The first-order valence-electron chi connectivity index (χ1n) is 8.21. The molecule has 3 aliphatic rings. The molecule has 4 nitrogen and oxygen atoms in total. The van der Waals surface area contributed by atoms with Crippen molar-refractivity contribution in [3.05, 3.63) is 41.5 Å². The van der Waals surface area contributed by atoms with Gasteiger partial charge in [0.15, 0.2) is 0 Å². The second kappa shape index (κ2) is 5.52. The molecule has 4 heteroatoms. The number of aliphatic hydroxyl groups is 1. The van der Waals surface area contributed by atoms with Gasteiger partial charge in [-0.25, -0.2) is 0 Å². The van der Waals surface area contributed by atoms with E-state index in [9.17, 15) is 9.90 Å². The maximum absolute atomic E-state index is 12.0. The minimum atomic E-state index is -0.0591. The Labute approximate surface area is 130 Å². The van der Waals surface area contributed by atoms with E-state index < -0.39 is 0 Å². The zero-order valence-corrected chi connectivity index (χ0v) is 12.7. The van der Waals surface area contributed by atoms with E-state index in [1.807, 2.05) is 4.90 Å². The predicted molar refractivity (Wildman–Crippen MR) is 85.4 cm³/mol. The molecule has 1 aliphatic carbocycles. The van der Waals surface area contributed by atoms with Crippen LogP contribution in [-0.4, -0.2) is 47.7 Å². The van der Waals surface area contributed by atoms with Gasteiger partial charge >= 0.3 is 0 Å². The molecule has 116 valence electrons. The van der Waals surface area contributed by atoms with E-state index in [4.69, 9.17) is 0 Å². The van der Waals surface area contributed by atoms with E-state index in [-0.39, 0.29) is 30.5 Å². The summed E-state index contributed by atoms with van der Waals surface area (Å²) in [5.41, 5.74) is 4.00. The summed E-state index contributed by atoms with van der Waals surface area (Å²) < 4.78 is 0. The van der Waals surface area contributed by atoms with Crippen LogP contribution in [-0.2, 0) is 4.79 Å². The zero-order chi connectivity index (χ0) is 15.1. The number of amides is 1. The summed E-state index contributed by atoms with van der Waals surface area (Å²) in [6.45, 7) is 1.26. The third-order valence-electron chi connectivity index (χ3n) is 5.36. The van der Waals surface area contributed by atoms with Crippen LogP contribution in [0.4, 0.5) is 0 Å². The van der Waals surface area contributed by atoms with Crippen LogP contribution in [0.15, 0.2) is 30.3 Å². The number of nitrogens with zero attached hydrogens (tertiary/aromatic N) is 1. The van der Waals surface area contributed by atoms with Crippen molar-refractivity contribution in [2.75, 3.05) is 19.7 Å². The molecule has 2 N–H and O–H groups in total. The van der Waals surface area contributed by atoms with Gasteiger partial charge in [-0.15, -0.1) is 0 Å². The minimum Gasteiger partial charge on any atom is -0.394 e. The summed E-state index contributed by atoms with van der Waals surface area (Å²) >= 11 is 0. The van der Waals surface area contributed by atoms with Gasteiger partial charge < -0.3 is 15.3 Å². The Hall–Kier alpha value is -1.65. The van der Waals surface area contributed by atoms with E-state index in [1.54, 1.807) is 0 Å². The van der Waals surface area contributed by atoms with Crippen LogP contribution in [0.5, 0.6) is 0 Å². The van der Waals surface area contributed by atoms with Crippen LogP contribution in [0.3, 0.4) is 0 Å². The number of carbonyl (C=O) groups excluding carboxylic acids is 1. The molecule has 0 saturated carbocycles. The average molecular weight is 298 g/mol. The number of benzene rings is 1. The van der Waals surface area contributed by atoms with Gasteiger partial charge in [-0.3, -0.25) is 4.79 Å². The second-order valence-electron chi connectivity index (χ2n) is 6.52. The number of allylic oxidation sites excluding steroid dienone is 2. The molecule has 2 saturated heterocycles. The van der Waals surface area contributed by atoms with Crippen LogP contribution < -0.4 is 5.32 Å². The van der Waals surface area contributed by atoms with Crippen molar-refractivity contribution in [1.29, 1.82) is 0 Å². The number of fused-ring (bicyclic) bond motifs is 1. The molecule has 1 aromatic carbocycles. The van der Waals surface area contributed by atoms with Crippen LogP contribution in [0.1, 0.15) is 36.3 Å². The van der Waals surface area contributed by atoms with E-state index in [2.05, 4.69) is 35.7 Å². The summed E-state index contributed by atoms with van der Waals surface area (Å²) in [5.74, 6) is 0.354. The van der Waals surface area contributed by atoms with Crippen molar-refractivity contribution in [2.45, 2.75) is 37.3 Å². The highest BCUT2D eigenvalue weighted by molar-refractivity contribution is 5.81. The largest absolute Gasteiger partial charge is 0.394 e. The molecule has 22 heavy (non-hydrogen) atoms. The predicted octanol–water partition coefficient (Wildman–Crippen LogP) is 1.51. The maximum atomic E-state index is 12.0. The molecule has 0 spiro atoms. The summed E-state index contributed by atoms with van der Waals surface area (Å²) in [6, 6.07) is 8.88. The van der Waals surface area contributed by atoms with Gasteiger partial charge in [0.25, 0.3) is 0 Å². The molecule has 2 heterocycles. The third kappa shape index (κ3) is 2.09. The van der Waals surface area contributed by atoms with Crippen LogP contribution in [0.25, 0.3) is 5.57 Å². The fourth-order valence-electron chi connectivity index (χ4n) is 4.26. The summed E-state index contributed by atoms with van der Waals surface area (Å²) in [6.07, 6.45) is 5.96. The van der Waals surface area contributed by atoms with Gasteiger partial charge in [0, 0.05) is 12.5 Å². The normalized spacial score (nSPS) is 30.8. The smallest absolute Gasteiger partial charge is 0.237 e. The van der Waals surface area contributed by atoms with Crippen molar-refractivity contribution < 1.29 is 9.90 Å². The van der Waals surface area contributed by atoms with Crippen molar-refractivity contribution in [1.82, 2.24) is 10.2 Å². The molecule has 2 fully saturated rings. The average Bonchev–Trinajstić information content (AvgIpc) is 3.04. The number of piperazine rings is 1. The number of rotatable bonds is 3. The molecule has 1 aromatic rings. The maximum Gasteiger partial charge on any atom is 0.237 e. The molecule has 4 rings (SSSR count). The number of hydrogen-bond donors (Lipinski definition) is 2. The van der Waals surface area contributed by atoms with E-state index in [0.29, 0.717) is 6.54 Å². The van der Waals surface area contributed by atoms with Gasteiger partial charge in [0.05, 0.1) is 25.2 Å². The van der Waals surface area contributed by atoms with Crippen molar-refractivity contribution in [3.63, 3.8) is 0 Å². The van der Waals surface area contributed by atoms with E-state index >= 15 is 0 Å². The number of carbonyl (C=O) groups is 1. The molecule has 0 bridgehead atoms. The van der Waals surface area contributed by atoms with Crippen LogP contribution in [0, 0.1) is 0 Å². The molecule has 1 amide bonds. The van der Waals surface area contributed by atoms with E-state index in [1.165, 1.54) is 36.0 Å². The third-order valence-corrected chi connectivity index (χ3v) is 5.36. The fraction of sp³-hybridized carbons (Fsp3) is 0.500. The molecule has 3 atom stereocenters. The molecule has 0 aromatic heterocycles. The molecular weight excluding hydrogens is 276 g/mol. The molecular formula is C18H22N2O2. The highest BCUT2D eigenvalue weighted by atomic mass is 16.3. The quantitative estimate of drug-likeness (QED) is 0.889. The van der Waals surface area contributed by atoms with Gasteiger partial charge in [-0.2, -0.15) is 0 Å². The number of aliphatic hydroxyl groups excluding tert-OH is 1. The van der Waals surface area contributed by atoms with E-state index in [0.717, 1.165) is 6.54 Å². The van der Waals surface area contributed by atoms with Gasteiger partial charge in [0.2, 0.25) is 5.91 Å². The summed E-state index contributed by atoms with van der Waals surface area (Å²) in [5, 5.41) is 12.9. The lowest BCUT2D eigenvalue weighted by Gasteiger charge is -2.57. The standard InChI is InChI=1S/C18H22N2O2/c21-11-16-18(15-9-19-10-17(22)20(15)16)14-7-5-13(6-8-14)12-3-1-2-4-12/h3,5-8,15-16,18-19,21H,1-2,4,9-11H2/t15-,16+,18+/m1/s1. The Morgan fingerprint density at radius 2 is 2.09 bits per heavy atom. The Balaban J connectivity index is 1.57. The Kier molecular flexibility index (Phi) is 3.51. The lowest BCUT2D eigenvalue weighted by atomic mass is 9.74. The molecule has 2 aliphatic heterocycles. The Morgan fingerprint density at radius 3 is 2.77 bits per heavy atom. The van der Waals surface area contributed by atoms with Crippen molar-refractivity contribution in [3.8, 4) is 0 Å². The minimum absolute atomic E-state index is 0.0415. The van der Waals surface area contributed by atoms with Crippen LogP contribution in [0.2, 0.25) is 0 Å². The number of nitrogens with one attached hydrogen (secondary N) is 1. The zero-order valence-electron chi connectivity index (χ0n) is 12.7. The molecule has 0 radical (unpaired) electrons. The fourth-order valence-corrected chi connectivity index (χ4v) is 4.26. The summed E-state index contributed by atoms with van der Waals surface area (Å²) in [7, 11) is 0. The highest BCUT2D eigenvalue weighted by Crippen LogP contribution is 2.41. The van der Waals surface area contributed by atoms with Crippen molar-refractivity contribution in [2.24, 2.45) is 0 Å². The van der Waals surface area contributed by atoms with Gasteiger partial charge in [-0.1, -0.05) is 30.3 Å². The first-order chi connectivity index (χ1) is 10.8. The topological polar surface area (TPSA) is 52.6 Å². The SMILES string of the molecule is O=C1CNC[C@@H]2[C@H](c3ccc(C4=CCCC4)cc3)[C@H](CO)N12. The lowest BCUT2D eigenvalue weighted by molar-refractivity contribution is -0.153. The number of hydrogen-bond acceptors (Lipinski definition) is 3. The highest BCUT2D eigenvalue weighted by Gasteiger charge is 2.52. The van der Waals surface area contributed by atoms with Crippen LogP contribution >= 0.6 is 0 Å². The molecule has 0 unspecified atom stereocenters. The Morgan fingerprint density at radius 1 is 1.27 bits per heavy atom. The Bertz CT molecular complexity index is 602. The van der Waals surface area contributed by atoms with Gasteiger partial charge in [-0.05, 0) is 36.0 Å². The van der Waals surface area contributed by atoms with Gasteiger partial charge in [0.1, 0.15) is 0 Å². The first kappa shape index (κ1) is 14.0. The lowest BCUT2D eigenvalue weighted by Crippen LogP contribution is -2.72.